The van der Waals surface area contributed by atoms with Gasteiger partial charge in [0.15, 0.2) is 0 Å². The molecule has 1 unspecified atom stereocenters. The smallest absolute Gasteiger partial charge is 0.384 e. The Morgan fingerprint density at radius 2 is 1.95 bits per heavy atom. The zero-order valence-corrected chi connectivity index (χ0v) is 13.6. The average Bonchev–Trinajstić information content (AvgIpc) is 2.89. The number of rotatable bonds is 5. The van der Waals surface area contributed by atoms with Crippen molar-refractivity contribution in [3.63, 3.8) is 0 Å². The Labute approximate surface area is 131 Å². The van der Waals surface area contributed by atoms with Crippen LogP contribution in [0.3, 0.4) is 0 Å². The van der Waals surface area contributed by atoms with Gasteiger partial charge in [0.05, 0.1) is 5.56 Å². The fraction of sp³-hybridized carbons (Fsp3) is 0.600. The van der Waals surface area contributed by atoms with Crippen LogP contribution in [0, 0.1) is 5.92 Å². The van der Waals surface area contributed by atoms with Crippen molar-refractivity contribution in [2.24, 2.45) is 5.92 Å². The number of nitrogens with zero attached hydrogens (tertiary/aromatic N) is 1. The Bertz CT molecular complexity index is 470. The predicted octanol–water partition coefficient (Wildman–Crippen LogP) is 4.61. The van der Waals surface area contributed by atoms with Crippen LogP contribution in [0.15, 0.2) is 22.7 Å². The maximum absolute atomic E-state index is 13.0. The molecule has 0 radical (unpaired) electrons. The van der Waals surface area contributed by atoms with Gasteiger partial charge in [0.25, 0.3) is 0 Å². The normalized spacial score (nSPS) is 18.0. The Balaban J connectivity index is 1.96. The lowest BCUT2D eigenvalue weighted by Crippen LogP contribution is -2.29. The van der Waals surface area contributed by atoms with Crippen LogP contribution in [-0.2, 0) is 6.18 Å². The van der Waals surface area contributed by atoms with Crippen LogP contribution in [0.2, 0.25) is 0 Å². The van der Waals surface area contributed by atoms with E-state index in [1.54, 1.807) is 6.07 Å². The minimum Gasteiger partial charge on any atom is -0.384 e. The highest BCUT2D eigenvalue weighted by molar-refractivity contribution is 9.10. The zero-order chi connectivity index (χ0) is 15.5. The highest BCUT2D eigenvalue weighted by Crippen LogP contribution is 2.36. The average molecular weight is 365 g/mol. The monoisotopic (exact) mass is 364 g/mol. The number of hydrogen-bond acceptors (Lipinski definition) is 2. The molecule has 1 saturated heterocycles. The molecule has 1 aliphatic heterocycles. The Morgan fingerprint density at radius 1 is 1.29 bits per heavy atom. The molecule has 0 bridgehead atoms. The summed E-state index contributed by atoms with van der Waals surface area (Å²) in [5.74, 6) is 0.313. The minimum atomic E-state index is -4.34. The molecule has 0 saturated carbocycles. The Kier molecular flexibility index (Phi) is 5.54. The fourth-order valence-electron chi connectivity index (χ4n) is 2.66. The van der Waals surface area contributed by atoms with E-state index in [4.69, 9.17) is 0 Å². The Hall–Kier alpha value is -0.750. The first-order valence-corrected chi connectivity index (χ1v) is 7.98. The van der Waals surface area contributed by atoms with E-state index in [0.717, 1.165) is 25.7 Å². The van der Waals surface area contributed by atoms with E-state index in [9.17, 15) is 13.2 Å². The number of hydrogen-bond donors (Lipinski definition) is 1. The van der Waals surface area contributed by atoms with Crippen molar-refractivity contribution in [3.8, 4) is 0 Å². The van der Waals surface area contributed by atoms with Crippen molar-refractivity contribution in [2.45, 2.75) is 25.9 Å². The zero-order valence-electron chi connectivity index (χ0n) is 12.0. The third kappa shape index (κ3) is 4.88. The van der Waals surface area contributed by atoms with E-state index in [1.165, 1.54) is 18.9 Å². The first-order valence-electron chi connectivity index (χ1n) is 7.19. The van der Waals surface area contributed by atoms with Gasteiger partial charge in [-0.15, -0.1) is 0 Å². The highest BCUT2D eigenvalue weighted by Gasteiger charge is 2.33. The van der Waals surface area contributed by atoms with Crippen LogP contribution in [0.1, 0.15) is 25.3 Å². The lowest BCUT2D eigenvalue weighted by atomic mass is 10.1. The first kappa shape index (κ1) is 16.6. The second kappa shape index (κ2) is 7.01. The molecule has 0 spiro atoms. The van der Waals surface area contributed by atoms with E-state index in [-0.39, 0.29) is 5.69 Å². The van der Waals surface area contributed by atoms with E-state index in [2.05, 4.69) is 33.1 Å². The maximum Gasteiger partial charge on any atom is 0.418 e. The van der Waals surface area contributed by atoms with Crippen LogP contribution >= 0.6 is 15.9 Å². The summed E-state index contributed by atoms with van der Waals surface area (Å²) in [5, 5.41) is 2.95. The SMILES string of the molecule is CC(CNc1ccc(Br)cc1C(F)(F)F)CN1CCCC1. The molecule has 1 N–H and O–H groups in total. The van der Waals surface area contributed by atoms with Gasteiger partial charge >= 0.3 is 6.18 Å². The minimum absolute atomic E-state index is 0.152. The van der Waals surface area contributed by atoms with Gasteiger partial charge in [0.1, 0.15) is 0 Å². The van der Waals surface area contributed by atoms with Crippen molar-refractivity contribution in [1.82, 2.24) is 4.90 Å². The summed E-state index contributed by atoms with van der Waals surface area (Å²) in [6, 6.07) is 4.23. The van der Waals surface area contributed by atoms with Crippen LogP contribution in [0.5, 0.6) is 0 Å². The quantitative estimate of drug-likeness (QED) is 0.820. The number of benzene rings is 1. The Morgan fingerprint density at radius 3 is 2.57 bits per heavy atom. The van der Waals surface area contributed by atoms with Crippen LogP contribution in [0.25, 0.3) is 0 Å². The van der Waals surface area contributed by atoms with Crippen molar-refractivity contribution in [2.75, 3.05) is 31.5 Å². The fourth-order valence-corrected chi connectivity index (χ4v) is 3.02. The molecular formula is C15H20BrF3N2. The highest BCUT2D eigenvalue weighted by atomic mass is 79.9. The van der Waals surface area contributed by atoms with Gasteiger partial charge in [-0.1, -0.05) is 22.9 Å². The van der Waals surface area contributed by atoms with Gasteiger partial charge < -0.3 is 10.2 Å². The summed E-state index contributed by atoms with van der Waals surface area (Å²) in [7, 11) is 0. The summed E-state index contributed by atoms with van der Waals surface area (Å²) < 4.78 is 39.5. The molecule has 2 rings (SSSR count). The lowest BCUT2D eigenvalue weighted by molar-refractivity contribution is -0.137. The largest absolute Gasteiger partial charge is 0.418 e. The molecule has 21 heavy (non-hydrogen) atoms. The molecule has 0 amide bonds. The molecule has 1 fully saturated rings. The first-order chi connectivity index (χ1) is 9.86. The predicted molar refractivity (Wildman–Crippen MR) is 82.5 cm³/mol. The van der Waals surface area contributed by atoms with E-state index < -0.39 is 11.7 Å². The molecule has 0 aromatic heterocycles. The second-order valence-electron chi connectivity index (χ2n) is 5.68. The van der Waals surface area contributed by atoms with E-state index in [0.29, 0.717) is 16.9 Å². The topological polar surface area (TPSA) is 15.3 Å². The lowest BCUT2D eigenvalue weighted by Gasteiger charge is -2.22. The summed E-state index contributed by atoms with van der Waals surface area (Å²) in [6.45, 7) is 5.76. The molecule has 2 nitrogen and oxygen atoms in total. The molecule has 6 heteroatoms. The van der Waals surface area contributed by atoms with Gasteiger partial charge in [-0.3, -0.25) is 0 Å². The van der Waals surface area contributed by atoms with Gasteiger partial charge in [0, 0.05) is 23.2 Å². The van der Waals surface area contributed by atoms with Gasteiger partial charge in [-0.25, -0.2) is 0 Å². The molecule has 1 aliphatic rings. The summed E-state index contributed by atoms with van der Waals surface area (Å²) in [5.41, 5.74) is -0.468. The number of alkyl halides is 3. The van der Waals surface area contributed by atoms with Crippen LogP contribution in [0.4, 0.5) is 18.9 Å². The number of anilines is 1. The van der Waals surface area contributed by atoms with Crippen molar-refractivity contribution in [1.29, 1.82) is 0 Å². The molecule has 118 valence electrons. The molecule has 1 atom stereocenters. The van der Waals surface area contributed by atoms with E-state index >= 15 is 0 Å². The third-order valence-corrected chi connectivity index (χ3v) is 4.19. The standard InChI is InChI=1S/C15H20BrF3N2/c1-11(10-21-6-2-3-7-21)9-20-14-5-4-12(16)8-13(14)15(17,18)19/h4-5,8,11,20H,2-3,6-7,9-10H2,1H3. The van der Waals surface area contributed by atoms with Crippen molar-refractivity contribution in [3.05, 3.63) is 28.2 Å². The van der Waals surface area contributed by atoms with Crippen LogP contribution < -0.4 is 5.32 Å². The van der Waals surface area contributed by atoms with E-state index in [1.807, 2.05) is 0 Å². The van der Waals surface area contributed by atoms with Crippen molar-refractivity contribution < 1.29 is 13.2 Å². The number of nitrogens with one attached hydrogen (secondary N) is 1. The number of halogens is 4. The van der Waals surface area contributed by atoms with Gasteiger partial charge in [-0.2, -0.15) is 13.2 Å². The molecule has 1 aromatic rings. The van der Waals surface area contributed by atoms with Gasteiger partial charge in [-0.05, 0) is 50.0 Å². The summed E-state index contributed by atoms with van der Waals surface area (Å²) in [4.78, 5) is 2.37. The summed E-state index contributed by atoms with van der Waals surface area (Å²) in [6.07, 6.45) is -1.89. The molecule has 1 aromatic carbocycles. The van der Waals surface area contributed by atoms with Gasteiger partial charge in [0.2, 0.25) is 0 Å². The third-order valence-electron chi connectivity index (χ3n) is 3.70. The maximum atomic E-state index is 13.0. The number of likely N-dealkylation sites (tertiary alicyclic amines) is 1. The second-order valence-corrected chi connectivity index (χ2v) is 6.60. The summed E-state index contributed by atoms with van der Waals surface area (Å²) >= 11 is 3.09. The molecule has 0 aliphatic carbocycles. The molecular weight excluding hydrogens is 345 g/mol. The molecule has 1 heterocycles. The van der Waals surface area contributed by atoms with Crippen molar-refractivity contribution >= 4 is 21.6 Å². The van der Waals surface area contributed by atoms with Crippen LogP contribution in [-0.4, -0.2) is 31.1 Å².